The molecule has 3 heterocycles. The van der Waals surface area contributed by atoms with E-state index in [1.807, 2.05) is 0 Å². The average Bonchev–Trinajstić information content (AvgIpc) is 3.09. The van der Waals surface area contributed by atoms with Crippen molar-refractivity contribution >= 4 is 29.6 Å². The van der Waals surface area contributed by atoms with Gasteiger partial charge in [-0.25, -0.2) is 14.8 Å². The van der Waals surface area contributed by atoms with Crippen LogP contribution in [0.1, 0.15) is 18.4 Å². The summed E-state index contributed by atoms with van der Waals surface area (Å²) in [5.74, 6) is 0.150. The van der Waals surface area contributed by atoms with Gasteiger partial charge in [-0.1, -0.05) is 0 Å². The summed E-state index contributed by atoms with van der Waals surface area (Å²) in [5.41, 5.74) is 1.36. The van der Waals surface area contributed by atoms with E-state index < -0.39 is 11.9 Å². The third-order valence-corrected chi connectivity index (χ3v) is 3.26. The van der Waals surface area contributed by atoms with Crippen LogP contribution in [0, 0.1) is 0 Å². The molecule has 1 saturated carbocycles. The van der Waals surface area contributed by atoms with E-state index in [1.54, 1.807) is 10.7 Å². The second kappa shape index (κ2) is 4.27. The Balaban J connectivity index is 1.74. The maximum Gasteiger partial charge on any atom is 0.326 e. The van der Waals surface area contributed by atoms with Crippen molar-refractivity contribution in [3.05, 3.63) is 23.8 Å². The van der Waals surface area contributed by atoms with Gasteiger partial charge in [-0.05, 0) is 18.9 Å². The predicted molar refractivity (Wildman–Crippen MR) is 72.1 cm³/mol. The van der Waals surface area contributed by atoms with Gasteiger partial charge >= 0.3 is 6.03 Å². The minimum atomic E-state index is -0.534. The van der Waals surface area contributed by atoms with Gasteiger partial charge in [-0.3, -0.25) is 10.1 Å². The summed E-state index contributed by atoms with van der Waals surface area (Å²) in [4.78, 5) is 31.0. The summed E-state index contributed by atoms with van der Waals surface area (Å²) in [5, 5.41) is 12.1. The lowest BCUT2D eigenvalue weighted by atomic mass is 10.2. The van der Waals surface area contributed by atoms with E-state index in [-0.39, 0.29) is 5.70 Å². The lowest BCUT2D eigenvalue weighted by molar-refractivity contribution is -0.115. The molecule has 0 aromatic carbocycles. The number of urea groups is 1. The maximum absolute atomic E-state index is 11.5. The number of carbonyl (C=O) groups is 2. The van der Waals surface area contributed by atoms with Crippen LogP contribution in [0.5, 0.6) is 0 Å². The van der Waals surface area contributed by atoms with E-state index in [0.717, 1.165) is 12.8 Å². The molecule has 2 aromatic rings. The monoisotopic (exact) mass is 285 g/mol. The van der Waals surface area contributed by atoms with Gasteiger partial charge in [0.25, 0.3) is 5.91 Å². The minimum absolute atomic E-state index is 0.171. The average molecular weight is 285 g/mol. The summed E-state index contributed by atoms with van der Waals surface area (Å²) in [6, 6.07) is -0.0950. The van der Waals surface area contributed by atoms with Crippen LogP contribution < -0.4 is 16.0 Å². The number of aromatic nitrogens is 4. The second-order valence-corrected chi connectivity index (χ2v) is 4.92. The molecule has 106 valence electrons. The Labute approximate surface area is 118 Å². The topological polar surface area (TPSA) is 113 Å². The maximum atomic E-state index is 11.5. The first-order valence-corrected chi connectivity index (χ1v) is 6.50. The van der Waals surface area contributed by atoms with Crippen molar-refractivity contribution in [1.82, 2.24) is 30.2 Å². The van der Waals surface area contributed by atoms with E-state index in [2.05, 4.69) is 31.0 Å². The van der Waals surface area contributed by atoms with Gasteiger partial charge in [0, 0.05) is 11.6 Å². The van der Waals surface area contributed by atoms with Gasteiger partial charge in [-0.15, -0.1) is 0 Å². The number of fused-ring (bicyclic) bond motifs is 1. The number of hydrogen-bond donors (Lipinski definition) is 3. The molecule has 4 rings (SSSR count). The van der Waals surface area contributed by atoms with E-state index in [4.69, 9.17) is 0 Å². The number of carbonyl (C=O) groups excluding carboxylic acids is 2. The summed E-state index contributed by atoms with van der Waals surface area (Å²) in [7, 11) is 0. The van der Waals surface area contributed by atoms with Gasteiger partial charge < -0.3 is 10.6 Å². The molecule has 1 saturated heterocycles. The zero-order chi connectivity index (χ0) is 14.4. The van der Waals surface area contributed by atoms with Crippen LogP contribution in [0.15, 0.2) is 18.2 Å². The van der Waals surface area contributed by atoms with Crippen molar-refractivity contribution < 1.29 is 9.59 Å². The largest absolute Gasteiger partial charge is 0.351 e. The smallest absolute Gasteiger partial charge is 0.326 e. The molecule has 3 N–H and O–H groups in total. The molecule has 0 spiro atoms. The van der Waals surface area contributed by atoms with E-state index in [1.165, 1.54) is 12.4 Å². The zero-order valence-corrected chi connectivity index (χ0v) is 10.8. The molecule has 9 heteroatoms. The number of hydrogen-bond acceptors (Lipinski definition) is 6. The highest BCUT2D eigenvalue weighted by Gasteiger charge is 2.25. The van der Waals surface area contributed by atoms with Gasteiger partial charge in [0.05, 0.1) is 6.20 Å². The van der Waals surface area contributed by atoms with Gasteiger partial charge in [-0.2, -0.15) is 9.61 Å². The van der Waals surface area contributed by atoms with Gasteiger partial charge in [0.2, 0.25) is 5.95 Å². The standard InChI is InChI=1S/C12H11N7O2/c20-10-8(17-12(21)18-10)3-6-4-15-19-9(6)13-5-14-11(19)16-7-1-2-7/h3-5,7H,1-2H2,(H,13,14,16)(H2,17,18,20,21)/b8-3-. The fourth-order valence-corrected chi connectivity index (χ4v) is 2.08. The second-order valence-electron chi connectivity index (χ2n) is 4.92. The molecule has 0 radical (unpaired) electrons. The van der Waals surface area contributed by atoms with Crippen LogP contribution in [0.25, 0.3) is 11.7 Å². The van der Waals surface area contributed by atoms with Gasteiger partial charge in [0.1, 0.15) is 12.0 Å². The van der Waals surface area contributed by atoms with Crippen LogP contribution in [0.2, 0.25) is 0 Å². The molecule has 0 unspecified atom stereocenters. The van der Waals surface area contributed by atoms with Crippen molar-refractivity contribution in [2.75, 3.05) is 5.32 Å². The minimum Gasteiger partial charge on any atom is -0.351 e. The van der Waals surface area contributed by atoms with Crippen molar-refractivity contribution in [3.63, 3.8) is 0 Å². The third-order valence-electron chi connectivity index (χ3n) is 3.26. The molecule has 3 amide bonds. The molecule has 0 bridgehead atoms. The number of amides is 3. The molecule has 1 aliphatic heterocycles. The molecule has 1 aliphatic carbocycles. The van der Waals surface area contributed by atoms with Crippen LogP contribution >= 0.6 is 0 Å². The molecule has 9 nitrogen and oxygen atoms in total. The molecule has 0 atom stereocenters. The molecule has 21 heavy (non-hydrogen) atoms. The van der Waals surface area contributed by atoms with Crippen molar-refractivity contribution in [2.24, 2.45) is 0 Å². The summed E-state index contributed by atoms with van der Waals surface area (Å²) in [6.45, 7) is 0. The first-order valence-electron chi connectivity index (χ1n) is 6.50. The number of anilines is 1. The van der Waals surface area contributed by atoms with Gasteiger partial charge in [0.15, 0.2) is 5.65 Å². The highest BCUT2D eigenvalue weighted by molar-refractivity contribution is 6.14. The normalized spacial score (nSPS) is 19.9. The number of nitrogens with zero attached hydrogens (tertiary/aromatic N) is 4. The summed E-state index contributed by atoms with van der Waals surface area (Å²) < 4.78 is 1.58. The van der Waals surface area contributed by atoms with Crippen LogP contribution in [0.4, 0.5) is 10.7 Å². The summed E-state index contributed by atoms with van der Waals surface area (Å²) >= 11 is 0. The van der Waals surface area contributed by atoms with E-state index in [9.17, 15) is 9.59 Å². The highest BCUT2D eigenvalue weighted by atomic mass is 16.2. The fourth-order valence-electron chi connectivity index (χ4n) is 2.08. The summed E-state index contributed by atoms with van der Waals surface area (Å²) in [6.07, 6.45) is 6.80. The Bertz CT molecular complexity index is 790. The molecular formula is C12H11N7O2. The number of rotatable bonds is 3. The fraction of sp³-hybridized carbons (Fsp3) is 0.250. The van der Waals surface area contributed by atoms with Crippen molar-refractivity contribution in [2.45, 2.75) is 18.9 Å². The Morgan fingerprint density at radius 3 is 2.86 bits per heavy atom. The van der Waals surface area contributed by atoms with Crippen LogP contribution in [-0.2, 0) is 4.79 Å². The SMILES string of the molecule is O=C1NC(=O)/C(=C/c2cnn3c(NC4CC4)ncnc23)N1. The van der Waals surface area contributed by atoms with Crippen LogP contribution in [-0.4, -0.2) is 37.6 Å². The number of nitrogens with one attached hydrogen (secondary N) is 3. The lowest BCUT2D eigenvalue weighted by Gasteiger charge is -2.04. The Hall–Kier alpha value is -2.97. The third kappa shape index (κ3) is 2.08. The van der Waals surface area contributed by atoms with Crippen molar-refractivity contribution in [3.8, 4) is 0 Å². The molecular weight excluding hydrogens is 274 g/mol. The van der Waals surface area contributed by atoms with Crippen LogP contribution in [0.3, 0.4) is 0 Å². The molecule has 2 aliphatic rings. The predicted octanol–water partition coefficient (Wildman–Crippen LogP) is -0.121. The first kappa shape index (κ1) is 11.8. The zero-order valence-electron chi connectivity index (χ0n) is 10.8. The van der Waals surface area contributed by atoms with Crippen molar-refractivity contribution in [1.29, 1.82) is 0 Å². The first-order chi connectivity index (χ1) is 10.2. The molecule has 2 fully saturated rings. The lowest BCUT2D eigenvalue weighted by Crippen LogP contribution is -2.22. The quantitative estimate of drug-likeness (QED) is 0.535. The number of imide groups is 1. The van der Waals surface area contributed by atoms with E-state index >= 15 is 0 Å². The Morgan fingerprint density at radius 1 is 1.29 bits per heavy atom. The Morgan fingerprint density at radius 2 is 2.14 bits per heavy atom. The molecule has 2 aromatic heterocycles. The van der Waals surface area contributed by atoms with E-state index in [0.29, 0.717) is 23.2 Å². The highest BCUT2D eigenvalue weighted by Crippen LogP contribution is 2.24. The Kier molecular flexibility index (Phi) is 2.40.